The molecular formula is C8H12BrO2P. The van der Waals surface area contributed by atoms with E-state index in [-0.39, 0.29) is 28.8 Å². The molecule has 1 aliphatic heterocycles. The van der Waals surface area contributed by atoms with Crippen LogP contribution < -0.4 is 17.0 Å². The van der Waals surface area contributed by atoms with Crippen molar-refractivity contribution in [2.45, 2.75) is 31.5 Å². The zero-order chi connectivity index (χ0) is 7.84. The van der Waals surface area contributed by atoms with E-state index in [0.717, 1.165) is 24.8 Å². The van der Waals surface area contributed by atoms with Crippen LogP contribution >= 0.6 is 9.24 Å². The molecule has 0 fully saturated rings. The third kappa shape index (κ3) is 1.57. The zero-order valence-corrected chi connectivity index (χ0v) is 9.81. The molecule has 4 heteroatoms. The fraction of sp³-hybridized carbons (Fsp3) is 0.625. The van der Waals surface area contributed by atoms with E-state index in [9.17, 15) is 4.79 Å². The Bertz CT molecular complexity index is 237. The predicted molar refractivity (Wildman–Crippen MR) is 46.5 cm³/mol. The van der Waals surface area contributed by atoms with Gasteiger partial charge in [-0.25, -0.2) is 4.79 Å². The van der Waals surface area contributed by atoms with Gasteiger partial charge in [0.1, 0.15) is 0 Å². The molecule has 0 aromatic carbocycles. The van der Waals surface area contributed by atoms with E-state index in [1.54, 1.807) is 9.24 Å². The third-order valence-corrected chi connectivity index (χ3v) is 3.05. The number of halogens is 1. The van der Waals surface area contributed by atoms with E-state index in [0.29, 0.717) is 0 Å². The Morgan fingerprint density at radius 1 is 1.33 bits per heavy atom. The number of hydrogen-bond acceptors (Lipinski definition) is 2. The number of carbonyl (C=O) groups is 1. The molecule has 68 valence electrons. The van der Waals surface area contributed by atoms with Crippen LogP contribution in [0.3, 0.4) is 0 Å². The highest BCUT2D eigenvalue weighted by Crippen LogP contribution is 2.36. The highest BCUT2D eigenvalue weighted by atomic mass is 79.9. The second kappa shape index (κ2) is 3.89. The van der Waals surface area contributed by atoms with Crippen molar-refractivity contribution >= 4 is 15.2 Å². The van der Waals surface area contributed by atoms with Gasteiger partial charge in [-0.2, -0.15) is 0 Å². The number of ether oxygens (including phenoxy) is 1. The number of cyclic esters (lactones) is 1. The molecule has 12 heavy (non-hydrogen) atoms. The van der Waals surface area contributed by atoms with Gasteiger partial charge in [-0.05, 0) is 25.7 Å². The first-order chi connectivity index (χ1) is 5.29. The number of esters is 1. The fourth-order valence-corrected chi connectivity index (χ4v) is 2.39. The molecule has 0 aromatic rings. The van der Waals surface area contributed by atoms with E-state index < -0.39 is 0 Å². The van der Waals surface area contributed by atoms with Gasteiger partial charge in [0.25, 0.3) is 0 Å². The monoisotopic (exact) mass is 250 g/mol. The minimum absolute atomic E-state index is 0. The number of carbonyl (C=O) groups excluding carboxylic acids is 1. The van der Waals surface area contributed by atoms with E-state index >= 15 is 0 Å². The summed E-state index contributed by atoms with van der Waals surface area (Å²) in [5.74, 6) is 0.0394. The molecule has 0 radical (unpaired) electrons. The van der Waals surface area contributed by atoms with E-state index in [1.165, 1.54) is 12.0 Å². The summed E-state index contributed by atoms with van der Waals surface area (Å²) in [7, 11) is 1.76. The van der Waals surface area contributed by atoms with E-state index in [1.807, 2.05) is 0 Å². The second-order valence-electron chi connectivity index (χ2n) is 3.10. The van der Waals surface area contributed by atoms with E-state index in [2.05, 4.69) is 0 Å². The summed E-state index contributed by atoms with van der Waals surface area (Å²) in [6.45, 7) is 0. The van der Waals surface area contributed by atoms with Crippen LogP contribution in [-0.4, -0.2) is 11.8 Å². The summed E-state index contributed by atoms with van der Waals surface area (Å²) in [5.41, 5.74) is 2.26. The SMILES string of the molecule is O=C1OC([PH3+])C2=C1CCCC2.[Br-]. The molecule has 2 unspecified atom stereocenters. The molecule has 2 atom stereocenters. The highest BCUT2D eigenvalue weighted by molar-refractivity contribution is 7.17. The van der Waals surface area contributed by atoms with Gasteiger partial charge >= 0.3 is 5.97 Å². The van der Waals surface area contributed by atoms with Crippen LogP contribution in [0.1, 0.15) is 25.7 Å². The Labute approximate surface area is 84.7 Å². The van der Waals surface area contributed by atoms with Crippen LogP contribution in [0.2, 0.25) is 0 Å². The Kier molecular flexibility index (Phi) is 3.30. The van der Waals surface area contributed by atoms with Gasteiger partial charge in [-0.1, -0.05) is 0 Å². The van der Waals surface area contributed by atoms with Crippen molar-refractivity contribution in [2.75, 3.05) is 0 Å². The number of hydrogen-bond donors (Lipinski definition) is 0. The molecule has 2 nitrogen and oxygen atoms in total. The van der Waals surface area contributed by atoms with Crippen LogP contribution in [0.15, 0.2) is 11.1 Å². The zero-order valence-electron chi connectivity index (χ0n) is 6.81. The molecule has 1 heterocycles. The first kappa shape index (κ1) is 10.2. The van der Waals surface area contributed by atoms with Gasteiger partial charge in [-0.3, -0.25) is 0 Å². The minimum atomic E-state index is -0.0558. The molecule has 0 spiro atoms. The van der Waals surface area contributed by atoms with Gasteiger partial charge in [0.15, 0.2) is 0 Å². The molecule has 0 saturated heterocycles. The van der Waals surface area contributed by atoms with Crippen molar-refractivity contribution in [2.24, 2.45) is 0 Å². The predicted octanol–water partition coefficient (Wildman–Crippen LogP) is -1.65. The summed E-state index contributed by atoms with van der Waals surface area (Å²) in [5, 5.41) is 0. The van der Waals surface area contributed by atoms with Crippen molar-refractivity contribution in [1.29, 1.82) is 0 Å². The molecule has 1 aliphatic carbocycles. The summed E-state index contributed by atoms with van der Waals surface area (Å²) in [6, 6.07) is 0. The van der Waals surface area contributed by atoms with Crippen LogP contribution in [0.5, 0.6) is 0 Å². The molecule has 2 aliphatic rings. The van der Waals surface area contributed by atoms with Gasteiger partial charge in [0.05, 0.1) is 0 Å². The van der Waals surface area contributed by atoms with Gasteiger partial charge < -0.3 is 21.7 Å². The highest BCUT2D eigenvalue weighted by Gasteiger charge is 2.34. The van der Waals surface area contributed by atoms with E-state index in [4.69, 9.17) is 4.74 Å². The molecule has 0 amide bonds. The summed E-state index contributed by atoms with van der Waals surface area (Å²) < 4.78 is 5.11. The second-order valence-corrected chi connectivity index (χ2v) is 3.85. The molecule has 2 rings (SSSR count). The fourth-order valence-electron chi connectivity index (χ4n) is 1.79. The molecule has 0 N–H and O–H groups in total. The first-order valence-electron chi connectivity index (χ1n) is 4.05. The Morgan fingerprint density at radius 3 is 2.67 bits per heavy atom. The Balaban J connectivity index is 0.000000720. The van der Waals surface area contributed by atoms with Gasteiger partial charge in [0.2, 0.25) is 5.85 Å². The lowest BCUT2D eigenvalue weighted by atomic mass is 9.94. The maximum Gasteiger partial charge on any atom is 0.337 e. The largest absolute Gasteiger partial charge is 1.00 e. The van der Waals surface area contributed by atoms with Crippen molar-refractivity contribution < 1.29 is 26.5 Å². The number of rotatable bonds is 0. The molecule has 0 aromatic heterocycles. The lowest BCUT2D eigenvalue weighted by molar-refractivity contribution is -0.137. The molecular weight excluding hydrogens is 239 g/mol. The van der Waals surface area contributed by atoms with Gasteiger partial charge in [0, 0.05) is 20.4 Å². The van der Waals surface area contributed by atoms with Crippen LogP contribution in [0, 0.1) is 0 Å². The lowest BCUT2D eigenvalue weighted by Gasteiger charge is -2.09. The normalized spacial score (nSPS) is 28.0. The quantitative estimate of drug-likeness (QED) is 0.381. The maximum absolute atomic E-state index is 11.1. The molecule has 0 saturated carbocycles. The van der Waals surface area contributed by atoms with Gasteiger partial charge in [-0.15, -0.1) is 0 Å². The Hall–Kier alpha value is 0.120. The van der Waals surface area contributed by atoms with Crippen molar-refractivity contribution in [3.8, 4) is 0 Å². The van der Waals surface area contributed by atoms with Crippen LogP contribution in [-0.2, 0) is 9.53 Å². The average molecular weight is 251 g/mol. The molecule has 0 bridgehead atoms. The van der Waals surface area contributed by atoms with Crippen molar-refractivity contribution in [3.05, 3.63) is 11.1 Å². The van der Waals surface area contributed by atoms with Crippen LogP contribution in [0.4, 0.5) is 0 Å². The first-order valence-corrected chi connectivity index (χ1v) is 4.86. The van der Waals surface area contributed by atoms with Crippen molar-refractivity contribution in [1.82, 2.24) is 0 Å². The van der Waals surface area contributed by atoms with Crippen molar-refractivity contribution in [3.63, 3.8) is 0 Å². The summed E-state index contributed by atoms with van der Waals surface area (Å²) in [6.07, 6.45) is 4.41. The topological polar surface area (TPSA) is 26.3 Å². The lowest BCUT2D eigenvalue weighted by Crippen LogP contribution is -3.00. The average Bonchev–Trinajstić information content (AvgIpc) is 2.30. The smallest absolute Gasteiger partial charge is 0.337 e. The standard InChI is InChI=1S/C8H11O2P.BrH/c9-7-5-3-1-2-4-6(5)8(11)10-7;/h8H,1-4,11H2;1H. The third-order valence-electron chi connectivity index (χ3n) is 2.39. The van der Waals surface area contributed by atoms with Crippen LogP contribution in [0.25, 0.3) is 0 Å². The summed E-state index contributed by atoms with van der Waals surface area (Å²) >= 11 is 0. The summed E-state index contributed by atoms with van der Waals surface area (Å²) in [4.78, 5) is 11.1. The minimum Gasteiger partial charge on any atom is -1.00 e. The Morgan fingerprint density at radius 2 is 2.00 bits per heavy atom. The maximum atomic E-state index is 11.1.